The van der Waals surface area contributed by atoms with E-state index >= 15 is 0 Å². The molecule has 0 saturated carbocycles. The molecule has 1 unspecified atom stereocenters. The van der Waals surface area contributed by atoms with Crippen molar-refractivity contribution in [1.82, 2.24) is 14.8 Å². The lowest BCUT2D eigenvalue weighted by Gasteiger charge is -2.35. The van der Waals surface area contributed by atoms with E-state index < -0.39 is 5.60 Å². The maximum atomic E-state index is 12.7. The quantitative estimate of drug-likeness (QED) is 0.764. The first-order chi connectivity index (χ1) is 14.9. The van der Waals surface area contributed by atoms with Gasteiger partial charge < -0.3 is 24.3 Å². The second-order valence-electron chi connectivity index (χ2n) is 9.92. The van der Waals surface area contributed by atoms with E-state index in [1.165, 1.54) is 29.3 Å². The molecule has 6 heteroatoms. The van der Waals surface area contributed by atoms with Crippen LogP contribution in [0, 0.1) is 0 Å². The van der Waals surface area contributed by atoms with Crippen LogP contribution in [0.3, 0.4) is 0 Å². The lowest BCUT2D eigenvalue weighted by molar-refractivity contribution is 0.0143. The number of carbonyl (C=O) groups is 1. The Hall–Kier alpha value is -2.05. The standard InChI is InChI=1S/C25H37N3O3/c1-25(2,3)31-24(29)28-15-17-30-16-11-20(28)10-14-27-12-8-19(9-13-27)22-18-26-23-7-5-4-6-21(22)23/h4-7,18-20,26H,8-17H2,1-3H3. The molecule has 2 aliphatic rings. The Labute approximate surface area is 185 Å². The molecule has 0 radical (unpaired) electrons. The van der Waals surface area contributed by atoms with Gasteiger partial charge >= 0.3 is 6.09 Å². The monoisotopic (exact) mass is 427 g/mol. The van der Waals surface area contributed by atoms with Crippen molar-refractivity contribution in [1.29, 1.82) is 0 Å². The van der Waals surface area contributed by atoms with E-state index in [4.69, 9.17) is 9.47 Å². The van der Waals surface area contributed by atoms with Crippen LogP contribution >= 0.6 is 0 Å². The average Bonchev–Trinajstić information content (AvgIpc) is 3.02. The number of hydrogen-bond acceptors (Lipinski definition) is 4. The summed E-state index contributed by atoms with van der Waals surface area (Å²) < 4.78 is 11.3. The fraction of sp³-hybridized carbons (Fsp3) is 0.640. The van der Waals surface area contributed by atoms with Gasteiger partial charge in [0, 0.05) is 42.8 Å². The lowest BCUT2D eigenvalue weighted by Crippen LogP contribution is -2.45. The van der Waals surface area contributed by atoms with Crippen LogP contribution in [-0.4, -0.2) is 71.9 Å². The zero-order valence-corrected chi connectivity index (χ0v) is 19.2. The minimum Gasteiger partial charge on any atom is -0.444 e. The molecule has 31 heavy (non-hydrogen) atoms. The Kier molecular flexibility index (Phi) is 6.87. The summed E-state index contributed by atoms with van der Waals surface area (Å²) in [7, 11) is 0. The first-order valence-corrected chi connectivity index (χ1v) is 11.8. The molecule has 1 aromatic carbocycles. The molecule has 4 rings (SSSR count). The number of fused-ring (bicyclic) bond motifs is 1. The van der Waals surface area contributed by atoms with Crippen molar-refractivity contribution in [2.75, 3.05) is 39.4 Å². The summed E-state index contributed by atoms with van der Waals surface area (Å²) in [6.45, 7) is 10.9. The van der Waals surface area contributed by atoms with Crippen molar-refractivity contribution < 1.29 is 14.3 Å². The van der Waals surface area contributed by atoms with Gasteiger partial charge in [0.2, 0.25) is 0 Å². The predicted octanol–water partition coefficient (Wildman–Crippen LogP) is 4.76. The van der Waals surface area contributed by atoms with Crippen LogP contribution in [0.4, 0.5) is 4.79 Å². The molecule has 0 bridgehead atoms. The fourth-order valence-electron chi connectivity index (χ4n) is 4.91. The zero-order valence-electron chi connectivity index (χ0n) is 19.2. The largest absolute Gasteiger partial charge is 0.444 e. The number of ether oxygens (including phenoxy) is 2. The number of carbonyl (C=O) groups excluding carboxylic acids is 1. The molecule has 6 nitrogen and oxygen atoms in total. The molecule has 2 fully saturated rings. The van der Waals surface area contributed by atoms with Crippen LogP contribution in [0.25, 0.3) is 10.9 Å². The van der Waals surface area contributed by atoms with Gasteiger partial charge in [-0.1, -0.05) is 18.2 Å². The molecule has 3 heterocycles. The number of hydrogen-bond donors (Lipinski definition) is 1. The van der Waals surface area contributed by atoms with E-state index in [2.05, 4.69) is 40.3 Å². The highest BCUT2D eigenvalue weighted by Gasteiger charge is 2.30. The van der Waals surface area contributed by atoms with Gasteiger partial charge in [0.25, 0.3) is 0 Å². The molecule has 1 atom stereocenters. The molecule has 2 aliphatic heterocycles. The molecule has 1 aromatic heterocycles. The number of amides is 1. The zero-order chi connectivity index (χ0) is 21.8. The second-order valence-corrected chi connectivity index (χ2v) is 9.92. The number of para-hydroxylation sites is 1. The second kappa shape index (κ2) is 9.61. The van der Waals surface area contributed by atoms with Crippen LogP contribution in [-0.2, 0) is 9.47 Å². The van der Waals surface area contributed by atoms with Gasteiger partial charge in [-0.3, -0.25) is 0 Å². The predicted molar refractivity (Wildman–Crippen MR) is 123 cm³/mol. The number of aromatic amines is 1. The molecule has 2 aromatic rings. The fourth-order valence-corrected chi connectivity index (χ4v) is 4.91. The van der Waals surface area contributed by atoms with Crippen molar-refractivity contribution >= 4 is 17.0 Å². The minimum absolute atomic E-state index is 0.184. The molecule has 0 aliphatic carbocycles. The van der Waals surface area contributed by atoms with Crippen molar-refractivity contribution in [3.8, 4) is 0 Å². The van der Waals surface area contributed by atoms with E-state index in [9.17, 15) is 4.79 Å². The van der Waals surface area contributed by atoms with Gasteiger partial charge in [0.1, 0.15) is 5.60 Å². The third kappa shape index (κ3) is 5.60. The number of nitrogens with one attached hydrogen (secondary N) is 1. The molecule has 1 amide bonds. The third-order valence-electron chi connectivity index (χ3n) is 6.57. The minimum atomic E-state index is -0.473. The first-order valence-electron chi connectivity index (χ1n) is 11.8. The van der Waals surface area contributed by atoms with Crippen LogP contribution < -0.4 is 0 Å². The van der Waals surface area contributed by atoms with Gasteiger partial charge in [0.05, 0.1) is 6.61 Å². The van der Waals surface area contributed by atoms with Crippen LogP contribution in [0.5, 0.6) is 0 Å². The Balaban J connectivity index is 1.31. The number of H-pyrrole nitrogens is 1. The van der Waals surface area contributed by atoms with Crippen molar-refractivity contribution in [3.05, 3.63) is 36.0 Å². The highest BCUT2D eigenvalue weighted by molar-refractivity contribution is 5.83. The Morgan fingerprint density at radius 1 is 1.13 bits per heavy atom. The summed E-state index contributed by atoms with van der Waals surface area (Å²) in [6, 6.07) is 8.78. The van der Waals surface area contributed by atoms with Crippen LogP contribution in [0.15, 0.2) is 30.5 Å². The van der Waals surface area contributed by atoms with Gasteiger partial charge in [0.15, 0.2) is 0 Å². The molecular weight excluding hydrogens is 390 g/mol. The summed E-state index contributed by atoms with van der Waals surface area (Å²) in [6.07, 6.45) is 6.22. The number of rotatable bonds is 4. The maximum Gasteiger partial charge on any atom is 0.410 e. The Morgan fingerprint density at radius 2 is 1.90 bits per heavy atom. The van der Waals surface area contributed by atoms with Crippen molar-refractivity contribution in [2.24, 2.45) is 0 Å². The van der Waals surface area contributed by atoms with E-state index in [1.807, 2.05) is 25.7 Å². The SMILES string of the molecule is CC(C)(C)OC(=O)N1CCOCCC1CCN1CCC(c2c[nH]c3ccccc23)CC1. The topological polar surface area (TPSA) is 57.8 Å². The number of piperidine rings is 1. The molecular formula is C25H37N3O3. The van der Waals surface area contributed by atoms with Gasteiger partial charge in [-0.2, -0.15) is 0 Å². The van der Waals surface area contributed by atoms with Crippen LogP contribution in [0.2, 0.25) is 0 Å². The van der Waals surface area contributed by atoms with Crippen LogP contribution in [0.1, 0.15) is 57.9 Å². The van der Waals surface area contributed by atoms with Crippen molar-refractivity contribution in [3.63, 3.8) is 0 Å². The summed E-state index contributed by atoms with van der Waals surface area (Å²) in [4.78, 5) is 20.6. The highest BCUT2D eigenvalue weighted by atomic mass is 16.6. The van der Waals surface area contributed by atoms with E-state index in [0.29, 0.717) is 25.7 Å². The third-order valence-corrected chi connectivity index (χ3v) is 6.57. The number of benzene rings is 1. The lowest BCUT2D eigenvalue weighted by atomic mass is 9.89. The molecule has 2 saturated heterocycles. The summed E-state index contributed by atoms with van der Waals surface area (Å²) in [5.74, 6) is 0.622. The van der Waals surface area contributed by atoms with E-state index in [0.717, 1.165) is 32.5 Å². The summed E-state index contributed by atoms with van der Waals surface area (Å²) in [5.41, 5.74) is 2.23. The summed E-state index contributed by atoms with van der Waals surface area (Å²) >= 11 is 0. The van der Waals surface area contributed by atoms with Gasteiger partial charge in [-0.25, -0.2) is 4.79 Å². The average molecular weight is 428 g/mol. The number of nitrogens with zero attached hydrogens (tertiary/aromatic N) is 2. The maximum absolute atomic E-state index is 12.7. The molecule has 0 spiro atoms. The number of likely N-dealkylation sites (tertiary alicyclic amines) is 1. The number of aromatic nitrogens is 1. The summed E-state index contributed by atoms with van der Waals surface area (Å²) in [5, 5.41) is 1.37. The smallest absolute Gasteiger partial charge is 0.410 e. The molecule has 1 N–H and O–H groups in total. The van der Waals surface area contributed by atoms with Gasteiger partial charge in [-0.15, -0.1) is 0 Å². The van der Waals surface area contributed by atoms with E-state index in [-0.39, 0.29) is 12.1 Å². The highest BCUT2D eigenvalue weighted by Crippen LogP contribution is 2.33. The normalized spacial score (nSPS) is 21.9. The Morgan fingerprint density at radius 3 is 2.68 bits per heavy atom. The van der Waals surface area contributed by atoms with E-state index in [1.54, 1.807) is 0 Å². The Bertz CT molecular complexity index is 864. The van der Waals surface area contributed by atoms with Gasteiger partial charge in [-0.05, 0) is 77.1 Å². The first kappa shape index (κ1) is 22.2. The van der Waals surface area contributed by atoms with Crippen molar-refractivity contribution in [2.45, 2.75) is 64.0 Å². The molecule has 170 valence electrons.